The minimum Gasteiger partial charge on any atom is -0.314 e. The van der Waals surface area contributed by atoms with Gasteiger partial charge in [-0.15, -0.1) is 0 Å². The quantitative estimate of drug-likeness (QED) is 0.611. The molecule has 8 heteroatoms. The number of rotatable bonds is 7. The van der Waals surface area contributed by atoms with Crippen LogP contribution in [0.2, 0.25) is 0 Å². The summed E-state index contributed by atoms with van der Waals surface area (Å²) in [6, 6.07) is 0. The summed E-state index contributed by atoms with van der Waals surface area (Å²) in [6.45, 7) is 3.14. The van der Waals surface area contributed by atoms with Crippen LogP contribution < -0.4 is 10.0 Å². The second-order valence-electron chi connectivity index (χ2n) is 4.36. The number of nitrogens with zero attached hydrogens (tertiary/aromatic N) is 2. The fourth-order valence-electron chi connectivity index (χ4n) is 1.59. The van der Waals surface area contributed by atoms with Gasteiger partial charge in [-0.25, -0.2) is 13.1 Å². The van der Waals surface area contributed by atoms with Crippen molar-refractivity contribution < 1.29 is 8.42 Å². The van der Waals surface area contributed by atoms with Gasteiger partial charge in [-0.1, -0.05) is 0 Å². The molecule has 0 unspecified atom stereocenters. The van der Waals surface area contributed by atoms with Gasteiger partial charge in [-0.3, -0.25) is 5.10 Å². The number of hydrogen-bond donors (Lipinski definition) is 3. The van der Waals surface area contributed by atoms with Crippen LogP contribution in [0.3, 0.4) is 0 Å². The molecule has 0 aliphatic carbocycles. The Hall–Kier alpha value is -0.960. The van der Waals surface area contributed by atoms with E-state index in [9.17, 15) is 8.42 Å². The van der Waals surface area contributed by atoms with E-state index in [-0.39, 0.29) is 4.90 Å². The summed E-state index contributed by atoms with van der Waals surface area (Å²) in [6.07, 6.45) is 0. The van der Waals surface area contributed by atoms with E-state index in [0.717, 1.165) is 0 Å². The molecular weight excluding hydrogens is 254 g/mol. The molecule has 0 aliphatic rings. The highest BCUT2D eigenvalue weighted by molar-refractivity contribution is 7.89. The number of aromatic amines is 1. The molecule has 1 rings (SSSR count). The number of aromatic nitrogens is 2. The molecule has 1 aromatic rings. The van der Waals surface area contributed by atoms with Crippen molar-refractivity contribution in [2.75, 3.05) is 34.2 Å². The van der Waals surface area contributed by atoms with Gasteiger partial charge in [0.05, 0.1) is 11.4 Å². The van der Waals surface area contributed by atoms with Crippen LogP contribution in [0.15, 0.2) is 4.90 Å². The zero-order chi connectivity index (χ0) is 13.8. The first-order chi connectivity index (χ1) is 8.38. The Balaban J connectivity index is 2.87. The molecule has 3 N–H and O–H groups in total. The molecule has 18 heavy (non-hydrogen) atoms. The lowest BCUT2D eigenvalue weighted by molar-refractivity contribution is 0.412. The van der Waals surface area contributed by atoms with Crippen molar-refractivity contribution >= 4 is 10.0 Å². The van der Waals surface area contributed by atoms with Crippen LogP contribution >= 0.6 is 0 Å². The van der Waals surface area contributed by atoms with Crippen molar-refractivity contribution in [3.05, 3.63) is 11.4 Å². The lowest BCUT2D eigenvalue weighted by Crippen LogP contribution is -2.32. The van der Waals surface area contributed by atoms with E-state index >= 15 is 0 Å². The van der Waals surface area contributed by atoms with Gasteiger partial charge in [0.2, 0.25) is 10.0 Å². The Kier molecular flexibility index (Phi) is 5.27. The molecule has 0 fully saturated rings. The van der Waals surface area contributed by atoms with Gasteiger partial charge in [0.15, 0.2) is 0 Å². The molecule has 0 amide bonds. The third kappa shape index (κ3) is 3.77. The predicted molar refractivity (Wildman–Crippen MR) is 69.8 cm³/mol. The molecule has 0 saturated carbocycles. The van der Waals surface area contributed by atoms with E-state index in [1.54, 1.807) is 14.0 Å². The fraction of sp³-hybridized carbons (Fsp3) is 0.700. The van der Waals surface area contributed by atoms with Crippen molar-refractivity contribution in [2.24, 2.45) is 0 Å². The molecule has 0 saturated heterocycles. The Morgan fingerprint density at radius 1 is 1.39 bits per heavy atom. The molecule has 1 heterocycles. The maximum atomic E-state index is 12.2. The van der Waals surface area contributed by atoms with Gasteiger partial charge in [0, 0.05) is 19.6 Å². The average Bonchev–Trinajstić information content (AvgIpc) is 2.60. The smallest absolute Gasteiger partial charge is 0.244 e. The van der Waals surface area contributed by atoms with E-state index < -0.39 is 10.0 Å². The van der Waals surface area contributed by atoms with Gasteiger partial charge >= 0.3 is 0 Å². The number of H-pyrrole nitrogens is 1. The number of nitrogens with one attached hydrogen (secondary N) is 3. The van der Waals surface area contributed by atoms with Gasteiger partial charge in [0.1, 0.15) is 4.90 Å². The van der Waals surface area contributed by atoms with Gasteiger partial charge < -0.3 is 10.2 Å². The van der Waals surface area contributed by atoms with Crippen LogP contribution in [0.1, 0.15) is 11.4 Å². The highest BCUT2D eigenvalue weighted by atomic mass is 32.2. The largest absolute Gasteiger partial charge is 0.314 e. The second-order valence-corrected chi connectivity index (χ2v) is 6.06. The Morgan fingerprint density at radius 3 is 2.61 bits per heavy atom. The van der Waals surface area contributed by atoms with Crippen molar-refractivity contribution in [1.29, 1.82) is 0 Å². The van der Waals surface area contributed by atoms with Crippen molar-refractivity contribution in [1.82, 2.24) is 25.1 Å². The summed E-state index contributed by atoms with van der Waals surface area (Å²) in [5, 5.41) is 9.61. The summed E-state index contributed by atoms with van der Waals surface area (Å²) in [5.74, 6) is 0. The monoisotopic (exact) mass is 275 g/mol. The van der Waals surface area contributed by atoms with Crippen LogP contribution in [-0.2, 0) is 16.6 Å². The average molecular weight is 275 g/mol. The summed E-state index contributed by atoms with van der Waals surface area (Å²) in [5.41, 5.74) is 1.06. The molecule has 1 aromatic heterocycles. The minimum atomic E-state index is -3.51. The predicted octanol–water partition coefficient (Wildman–Crippen LogP) is -0.723. The maximum absolute atomic E-state index is 12.2. The van der Waals surface area contributed by atoms with Crippen LogP contribution in [0.4, 0.5) is 0 Å². The molecule has 7 nitrogen and oxygen atoms in total. The number of aryl methyl sites for hydroxylation is 1. The highest BCUT2D eigenvalue weighted by Gasteiger charge is 2.23. The molecule has 0 aromatic carbocycles. The molecule has 0 atom stereocenters. The topological polar surface area (TPSA) is 90.1 Å². The van der Waals surface area contributed by atoms with E-state index in [0.29, 0.717) is 31.0 Å². The van der Waals surface area contributed by atoms with Crippen LogP contribution in [0, 0.1) is 6.92 Å². The van der Waals surface area contributed by atoms with E-state index in [2.05, 4.69) is 20.2 Å². The van der Waals surface area contributed by atoms with Gasteiger partial charge in [0.25, 0.3) is 0 Å². The number of likely N-dealkylation sites (N-methyl/N-ethyl adjacent to an activating group) is 1. The number of hydrogen-bond acceptors (Lipinski definition) is 5. The van der Waals surface area contributed by atoms with Crippen molar-refractivity contribution in [3.8, 4) is 0 Å². The van der Waals surface area contributed by atoms with Crippen LogP contribution in [-0.4, -0.2) is 57.7 Å². The molecule has 0 bridgehead atoms. The molecule has 0 spiro atoms. The normalized spacial score (nSPS) is 12.3. The third-order valence-corrected chi connectivity index (χ3v) is 4.09. The van der Waals surface area contributed by atoms with E-state index in [1.165, 1.54) is 0 Å². The Labute approximate surface area is 108 Å². The highest BCUT2D eigenvalue weighted by Crippen LogP contribution is 2.16. The molecule has 0 aliphatic heterocycles. The first kappa shape index (κ1) is 15.1. The Morgan fingerprint density at radius 2 is 2.06 bits per heavy atom. The summed E-state index contributed by atoms with van der Waals surface area (Å²) in [7, 11) is 2.03. The van der Waals surface area contributed by atoms with E-state index in [1.807, 2.05) is 19.0 Å². The molecular formula is C10H21N5O2S. The maximum Gasteiger partial charge on any atom is 0.244 e. The summed E-state index contributed by atoms with van der Waals surface area (Å²) < 4.78 is 26.9. The minimum absolute atomic E-state index is 0.246. The van der Waals surface area contributed by atoms with Crippen LogP contribution in [0.25, 0.3) is 0 Å². The van der Waals surface area contributed by atoms with E-state index in [4.69, 9.17) is 0 Å². The lowest BCUT2D eigenvalue weighted by atomic mass is 10.4. The zero-order valence-corrected chi connectivity index (χ0v) is 12.1. The van der Waals surface area contributed by atoms with Gasteiger partial charge in [-0.05, 0) is 28.1 Å². The summed E-state index contributed by atoms with van der Waals surface area (Å²) >= 11 is 0. The zero-order valence-electron chi connectivity index (χ0n) is 11.2. The number of sulfonamides is 1. The molecule has 0 radical (unpaired) electrons. The standard InChI is InChI=1S/C10H21N5O2S/c1-8-10(9(7-11-2)14-13-8)18(16,17)12-5-6-15(3)4/h11-12H,5-7H2,1-4H3,(H,13,14). The molecule has 104 valence electrons. The first-order valence-electron chi connectivity index (χ1n) is 5.71. The summed E-state index contributed by atoms with van der Waals surface area (Å²) in [4.78, 5) is 2.16. The van der Waals surface area contributed by atoms with Gasteiger partial charge in [-0.2, -0.15) is 5.10 Å². The fourth-order valence-corrected chi connectivity index (χ4v) is 2.97. The first-order valence-corrected chi connectivity index (χ1v) is 7.19. The lowest BCUT2D eigenvalue weighted by Gasteiger charge is -2.11. The third-order valence-electron chi connectivity index (χ3n) is 2.43. The SMILES string of the molecule is CNCc1n[nH]c(C)c1S(=O)(=O)NCCN(C)C. The van der Waals surface area contributed by atoms with Crippen LogP contribution in [0.5, 0.6) is 0 Å². The second kappa shape index (κ2) is 6.28. The van der Waals surface area contributed by atoms with Crippen molar-refractivity contribution in [3.63, 3.8) is 0 Å². The Bertz CT molecular complexity index is 480. The van der Waals surface area contributed by atoms with Crippen molar-refractivity contribution in [2.45, 2.75) is 18.4 Å².